The van der Waals surface area contributed by atoms with Gasteiger partial charge in [0.1, 0.15) is 0 Å². The number of urea groups is 1. The van der Waals surface area contributed by atoms with Crippen LogP contribution in [0.2, 0.25) is 0 Å². The highest BCUT2D eigenvalue weighted by atomic mass is 16.5. The van der Waals surface area contributed by atoms with E-state index in [9.17, 15) is 14.7 Å². The van der Waals surface area contributed by atoms with Crippen molar-refractivity contribution in [3.63, 3.8) is 0 Å². The maximum absolute atomic E-state index is 12.2. The normalized spacial score (nSPS) is 37.8. The fourth-order valence-corrected chi connectivity index (χ4v) is 2.57. The number of ether oxygens (including phenoxy) is 1. The molecule has 3 unspecified atom stereocenters. The highest BCUT2D eigenvalue weighted by molar-refractivity contribution is 6.09. The molecule has 0 radical (unpaired) electrons. The zero-order chi connectivity index (χ0) is 12.8. The van der Waals surface area contributed by atoms with Crippen molar-refractivity contribution in [2.75, 3.05) is 14.2 Å². The van der Waals surface area contributed by atoms with Gasteiger partial charge in [-0.25, -0.2) is 4.79 Å². The van der Waals surface area contributed by atoms with Gasteiger partial charge >= 0.3 is 6.03 Å². The largest absolute Gasteiger partial charge is 0.393 e. The Labute approximate surface area is 99.2 Å². The molecule has 3 amide bonds. The Morgan fingerprint density at radius 3 is 2.71 bits per heavy atom. The molecule has 17 heavy (non-hydrogen) atoms. The van der Waals surface area contributed by atoms with E-state index in [1.165, 1.54) is 14.2 Å². The summed E-state index contributed by atoms with van der Waals surface area (Å²) in [5, 5.41) is 12.3. The number of amides is 3. The molecule has 2 rings (SSSR count). The maximum Gasteiger partial charge on any atom is 0.325 e. The predicted octanol–water partition coefficient (Wildman–Crippen LogP) is -0.367. The zero-order valence-corrected chi connectivity index (χ0v) is 9.90. The molecule has 1 aliphatic carbocycles. The average Bonchev–Trinajstić information content (AvgIpc) is 2.50. The van der Waals surface area contributed by atoms with Crippen LogP contribution < -0.4 is 5.32 Å². The molecule has 3 atom stereocenters. The molecule has 2 aliphatic rings. The van der Waals surface area contributed by atoms with E-state index in [1.54, 1.807) is 0 Å². The standard InChI is InChI=1S/C11H16N2O4/c1-6-4-7(14)5-8(17-3)11(6)9(15)13(2)10(16)12-11/h7-8,14H,1,4-5H2,2-3H3,(H,12,16). The van der Waals surface area contributed by atoms with E-state index >= 15 is 0 Å². The Hall–Kier alpha value is -1.40. The number of hydrogen-bond donors (Lipinski definition) is 2. The molecule has 1 saturated heterocycles. The molecule has 0 aromatic rings. The number of hydrogen-bond acceptors (Lipinski definition) is 4. The Bertz CT molecular complexity index is 395. The van der Waals surface area contributed by atoms with Crippen LogP contribution in [0.5, 0.6) is 0 Å². The molecule has 6 nitrogen and oxygen atoms in total. The number of nitrogens with zero attached hydrogens (tertiary/aromatic N) is 1. The van der Waals surface area contributed by atoms with E-state index in [1.807, 2.05) is 0 Å². The molecule has 1 aliphatic heterocycles. The summed E-state index contributed by atoms with van der Waals surface area (Å²) in [4.78, 5) is 24.8. The Balaban J connectivity index is 2.43. The lowest BCUT2D eigenvalue weighted by Gasteiger charge is -2.41. The fraction of sp³-hybridized carbons (Fsp3) is 0.636. The highest BCUT2D eigenvalue weighted by Crippen LogP contribution is 2.38. The second-order valence-corrected chi connectivity index (χ2v) is 4.52. The minimum Gasteiger partial charge on any atom is -0.393 e. The first kappa shape index (κ1) is 12.1. The van der Waals surface area contributed by atoms with Crippen LogP contribution in [-0.4, -0.2) is 53.8 Å². The van der Waals surface area contributed by atoms with Gasteiger partial charge in [0.2, 0.25) is 0 Å². The van der Waals surface area contributed by atoms with Gasteiger partial charge in [0.15, 0.2) is 5.54 Å². The average molecular weight is 240 g/mol. The Kier molecular flexibility index (Phi) is 2.71. The summed E-state index contributed by atoms with van der Waals surface area (Å²) < 4.78 is 5.25. The van der Waals surface area contributed by atoms with Gasteiger partial charge in [-0.2, -0.15) is 0 Å². The highest BCUT2D eigenvalue weighted by Gasteiger charge is 2.59. The lowest BCUT2D eigenvalue weighted by atomic mass is 9.74. The molecule has 1 heterocycles. The first-order valence-electron chi connectivity index (χ1n) is 5.43. The van der Waals surface area contributed by atoms with Gasteiger partial charge in [0.25, 0.3) is 5.91 Å². The van der Waals surface area contributed by atoms with E-state index in [0.717, 1.165) is 4.90 Å². The SMILES string of the molecule is C=C1CC(O)CC(OC)C12NC(=O)N(C)C2=O. The lowest BCUT2D eigenvalue weighted by molar-refractivity contribution is -0.136. The fourth-order valence-electron chi connectivity index (χ4n) is 2.57. The molecule has 1 saturated carbocycles. The number of imide groups is 1. The second-order valence-electron chi connectivity index (χ2n) is 4.52. The summed E-state index contributed by atoms with van der Waals surface area (Å²) in [6.07, 6.45) is -0.580. The van der Waals surface area contributed by atoms with Crippen LogP contribution in [0.15, 0.2) is 12.2 Å². The molecule has 2 N–H and O–H groups in total. The number of carbonyl (C=O) groups excluding carboxylic acids is 2. The molecule has 1 spiro atoms. The number of methoxy groups -OCH3 is 1. The van der Waals surface area contributed by atoms with Gasteiger partial charge in [-0.1, -0.05) is 6.58 Å². The number of likely N-dealkylation sites (N-methyl/N-ethyl adjacent to an activating group) is 1. The number of carbonyl (C=O) groups is 2. The summed E-state index contributed by atoms with van der Waals surface area (Å²) >= 11 is 0. The molecule has 0 bridgehead atoms. The van der Waals surface area contributed by atoms with Crippen molar-refractivity contribution in [1.82, 2.24) is 10.2 Å². The molecule has 0 aromatic heterocycles. The maximum atomic E-state index is 12.2. The molecule has 2 fully saturated rings. The molecule has 6 heteroatoms. The van der Waals surface area contributed by atoms with Crippen molar-refractivity contribution >= 4 is 11.9 Å². The summed E-state index contributed by atoms with van der Waals surface area (Å²) in [6.45, 7) is 3.82. The third-order valence-corrected chi connectivity index (χ3v) is 3.54. The quantitative estimate of drug-likeness (QED) is 0.484. The van der Waals surface area contributed by atoms with E-state index < -0.39 is 23.8 Å². The van der Waals surface area contributed by atoms with Gasteiger partial charge in [0, 0.05) is 20.6 Å². The molecule has 94 valence electrons. The van der Waals surface area contributed by atoms with Gasteiger partial charge in [-0.3, -0.25) is 9.69 Å². The van der Waals surface area contributed by atoms with E-state index in [2.05, 4.69) is 11.9 Å². The van der Waals surface area contributed by atoms with Crippen molar-refractivity contribution in [2.45, 2.75) is 30.6 Å². The van der Waals surface area contributed by atoms with Crippen molar-refractivity contribution in [1.29, 1.82) is 0 Å². The van der Waals surface area contributed by atoms with Crippen molar-refractivity contribution in [2.24, 2.45) is 0 Å². The second kappa shape index (κ2) is 3.82. The summed E-state index contributed by atoms with van der Waals surface area (Å²) in [6, 6.07) is -0.463. The third kappa shape index (κ3) is 1.48. The number of rotatable bonds is 1. The summed E-state index contributed by atoms with van der Waals surface area (Å²) in [7, 11) is 2.87. The first-order valence-corrected chi connectivity index (χ1v) is 5.43. The van der Waals surface area contributed by atoms with Gasteiger partial charge in [0.05, 0.1) is 12.2 Å². The molecular formula is C11H16N2O4. The smallest absolute Gasteiger partial charge is 0.325 e. The van der Waals surface area contributed by atoms with Crippen LogP contribution in [0.3, 0.4) is 0 Å². The van der Waals surface area contributed by atoms with E-state index in [0.29, 0.717) is 18.4 Å². The van der Waals surface area contributed by atoms with E-state index in [-0.39, 0.29) is 5.91 Å². The summed E-state index contributed by atoms with van der Waals surface area (Å²) in [5.74, 6) is -0.369. The van der Waals surface area contributed by atoms with Crippen LogP contribution in [0.4, 0.5) is 4.79 Å². The van der Waals surface area contributed by atoms with Gasteiger partial charge in [-0.15, -0.1) is 0 Å². The van der Waals surface area contributed by atoms with Crippen LogP contribution in [0, 0.1) is 0 Å². The lowest BCUT2D eigenvalue weighted by Crippen LogP contribution is -2.61. The molecular weight excluding hydrogens is 224 g/mol. The zero-order valence-electron chi connectivity index (χ0n) is 9.90. The first-order chi connectivity index (χ1) is 7.93. The number of nitrogens with one attached hydrogen (secondary N) is 1. The Morgan fingerprint density at radius 2 is 2.24 bits per heavy atom. The molecule has 0 aromatic carbocycles. The van der Waals surface area contributed by atoms with Gasteiger partial charge in [-0.05, 0) is 12.0 Å². The third-order valence-electron chi connectivity index (χ3n) is 3.54. The van der Waals surface area contributed by atoms with Crippen LogP contribution in [-0.2, 0) is 9.53 Å². The minimum absolute atomic E-state index is 0.291. The van der Waals surface area contributed by atoms with E-state index in [4.69, 9.17) is 4.74 Å². The number of aliphatic hydroxyl groups excluding tert-OH is 1. The Morgan fingerprint density at radius 1 is 1.59 bits per heavy atom. The van der Waals surface area contributed by atoms with Crippen LogP contribution in [0.25, 0.3) is 0 Å². The van der Waals surface area contributed by atoms with Crippen LogP contribution in [0.1, 0.15) is 12.8 Å². The van der Waals surface area contributed by atoms with Crippen molar-refractivity contribution in [3.05, 3.63) is 12.2 Å². The predicted molar refractivity (Wildman–Crippen MR) is 59.2 cm³/mol. The van der Waals surface area contributed by atoms with Crippen molar-refractivity contribution in [3.8, 4) is 0 Å². The topological polar surface area (TPSA) is 78.9 Å². The summed E-state index contributed by atoms with van der Waals surface area (Å²) in [5.41, 5.74) is -0.717. The van der Waals surface area contributed by atoms with Crippen molar-refractivity contribution < 1.29 is 19.4 Å². The number of aliphatic hydroxyl groups is 1. The monoisotopic (exact) mass is 240 g/mol. The minimum atomic E-state index is -1.21. The van der Waals surface area contributed by atoms with Crippen LogP contribution >= 0.6 is 0 Å². The van der Waals surface area contributed by atoms with Gasteiger partial charge < -0.3 is 15.2 Å².